The smallest absolute Gasteiger partial charge is 0.145 e. The number of hydrogen-bond donors (Lipinski definition) is 3. The first-order valence-corrected chi connectivity index (χ1v) is 11.1. The van der Waals surface area contributed by atoms with Crippen LogP contribution in [-0.4, -0.2) is 35.8 Å². The van der Waals surface area contributed by atoms with Crippen LogP contribution < -0.4 is 10.6 Å². The molecule has 172 valence electrons. The molecule has 3 N–H and O–H groups in total. The number of alkyl halides is 1. The van der Waals surface area contributed by atoms with Crippen LogP contribution in [0.15, 0.2) is 49.3 Å². The molecule has 0 saturated carbocycles. The summed E-state index contributed by atoms with van der Waals surface area (Å²) in [5, 5.41) is 14.7. The molecule has 0 spiro atoms. The van der Waals surface area contributed by atoms with E-state index in [1.807, 2.05) is 32.2 Å². The lowest BCUT2D eigenvalue weighted by atomic mass is 9.93. The molecule has 0 fully saturated rings. The Morgan fingerprint density at radius 2 is 1.88 bits per heavy atom. The maximum absolute atomic E-state index is 15.6. The maximum Gasteiger partial charge on any atom is 0.145 e. The topological polar surface area (TPSA) is 73.7 Å². The van der Waals surface area contributed by atoms with E-state index in [0.717, 1.165) is 24.1 Å². The minimum Gasteiger partial charge on any atom is -0.381 e. The van der Waals surface area contributed by atoms with Gasteiger partial charge >= 0.3 is 0 Å². The molecule has 6 heteroatoms. The average Bonchev–Trinajstić information content (AvgIpc) is 2.76. The summed E-state index contributed by atoms with van der Waals surface area (Å²) < 4.78 is 15.6. The highest BCUT2D eigenvalue weighted by molar-refractivity contribution is 6.03. The molecule has 0 amide bonds. The first-order chi connectivity index (χ1) is 15.3. The molecule has 2 aromatic rings. The minimum absolute atomic E-state index is 0.263. The first-order valence-electron chi connectivity index (χ1n) is 11.1. The molecule has 0 aliphatic heterocycles. The molecule has 3 unspecified atom stereocenters. The number of nitrogens with zero attached hydrogens (tertiary/aromatic N) is 2. The van der Waals surface area contributed by atoms with E-state index in [9.17, 15) is 0 Å². The van der Waals surface area contributed by atoms with Crippen LogP contribution in [0.4, 0.5) is 10.1 Å². The summed E-state index contributed by atoms with van der Waals surface area (Å²) in [6.45, 7) is 13.0. The number of benzene rings is 1. The van der Waals surface area contributed by atoms with Gasteiger partial charge in [0.25, 0.3) is 0 Å². The lowest BCUT2D eigenvalue weighted by Gasteiger charge is -2.20. The molecule has 0 bridgehead atoms. The van der Waals surface area contributed by atoms with E-state index in [1.165, 1.54) is 0 Å². The summed E-state index contributed by atoms with van der Waals surface area (Å²) in [6.07, 6.45) is 8.44. The van der Waals surface area contributed by atoms with E-state index >= 15 is 4.39 Å². The fraction of sp³-hybridized carbons (Fsp3) is 0.423. The molecule has 0 aliphatic rings. The zero-order chi connectivity index (χ0) is 23.7. The van der Waals surface area contributed by atoms with Crippen LogP contribution in [0.2, 0.25) is 0 Å². The third-order valence-electron chi connectivity index (χ3n) is 5.34. The van der Waals surface area contributed by atoms with Gasteiger partial charge in [-0.1, -0.05) is 26.0 Å². The summed E-state index contributed by atoms with van der Waals surface area (Å²) in [6, 6.07) is 3.72. The van der Waals surface area contributed by atoms with Gasteiger partial charge in [-0.3, -0.25) is 0 Å². The van der Waals surface area contributed by atoms with Crippen molar-refractivity contribution in [3.8, 4) is 11.1 Å². The zero-order valence-electron chi connectivity index (χ0n) is 19.9. The second-order valence-electron chi connectivity index (χ2n) is 8.46. The minimum atomic E-state index is -1.31. The summed E-state index contributed by atoms with van der Waals surface area (Å²) in [7, 11) is 1.95. The summed E-state index contributed by atoms with van der Waals surface area (Å²) in [5.74, 6) is 1.45. The molecule has 0 saturated heterocycles. The van der Waals surface area contributed by atoms with E-state index in [4.69, 9.17) is 5.41 Å². The van der Waals surface area contributed by atoms with Crippen LogP contribution in [0.3, 0.4) is 0 Å². The number of hydrogen-bond acceptors (Lipinski definition) is 5. The van der Waals surface area contributed by atoms with Crippen LogP contribution in [-0.2, 0) is 0 Å². The maximum atomic E-state index is 15.6. The van der Waals surface area contributed by atoms with Crippen LogP contribution in [0.25, 0.3) is 11.1 Å². The lowest BCUT2D eigenvalue weighted by molar-refractivity contribution is 0.408. The van der Waals surface area contributed by atoms with Gasteiger partial charge in [0.1, 0.15) is 12.0 Å². The molecule has 1 aromatic carbocycles. The van der Waals surface area contributed by atoms with Crippen LogP contribution in [0, 0.1) is 24.2 Å². The monoisotopic (exact) mass is 437 g/mol. The highest BCUT2D eigenvalue weighted by Crippen LogP contribution is 2.35. The quantitative estimate of drug-likeness (QED) is 0.286. The van der Waals surface area contributed by atoms with Crippen LogP contribution in [0.1, 0.15) is 50.3 Å². The van der Waals surface area contributed by atoms with Gasteiger partial charge in [0.05, 0.1) is 0 Å². The summed E-state index contributed by atoms with van der Waals surface area (Å²) in [5.41, 5.74) is 3.73. The SMILES string of the molecule is C=CCNc1c(C(C)=N)cc(-c2cnc(C)nc2)cc1C(F)/C=C/C(C)CC(C)CNC. The molecule has 0 radical (unpaired) electrons. The standard InChI is InChI=1S/C26H36FN5/c1-7-10-30-26-23(19(4)28)12-21(22-15-31-20(5)32-16-22)13-24(26)25(27)9-8-17(2)11-18(3)14-29-6/h7-9,12-13,15-18,25,28-30H,1,10-11,14H2,2-6H3/b9-8+,28-19?. The molecule has 2 rings (SSSR count). The van der Waals surface area contributed by atoms with Crippen molar-refractivity contribution in [3.05, 3.63) is 66.3 Å². The van der Waals surface area contributed by atoms with Crippen LogP contribution in [0.5, 0.6) is 0 Å². The van der Waals surface area contributed by atoms with E-state index in [2.05, 4.69) is 41.0 Å². The third-order valence-corrected chi connectivity index (χ3v) is 5.34. The van der Waals surface area contributed by atoms with E-state index in [1.54, 1.807) is 31.5 Å². The Morgan fingerprint density at radius 3 is 2.47 bits per heavy atom. The fourth-order valence-electron chi connectivity index (χ4n) is 3.79. The van der Waals surface area contributed by atoms with Gasteiger partial charge in [0.2, 0.25) is 0 Å². The van der Waals surface area contributed by atoms with Crippen molar-refractivity contribution >= 4 is 11.4 Å². The number of halogens is 1. The molecule has 1 aromatic heterocycles. The van der Waals surface area contributed by atoms with E-state index in [-0.39, 0.29) is 5.92 Å². The van der Waals surface area contributed by atoms with Gasteiger partial charge in [-0.15, -0.1) is 6.58 Å². The zero-order valence-corrected chi connectivity index (χ0v) is 19.9. The number of rotatable bonds is 12. The number of aryl methyl sites for hydroxylation is 1. The summed E-state index contributed by atoms with van der Waals surface area (Å²) in [4.78, 5) is 8.54. The third kappa shape index (κ3) is 7.09. The predicted molar refractivity (Wildman–Crippen MR) is 133 cm³/mol. The fourth-order valence-corrected chi connectivity index (χ4v) is 3.79. The summed E-state index contributed by atoms with van der Waals surface area (Å²) >= 11 is 0. The van der Waals surface area contributed by atoms with E-state index in [0.29, 0.717) is 40.8 Å². The first kappa shape index (κ1) is 25.4. The highest BCUT2D eigenvalue weighted by Gasteiger charge is 2.19. The Bertz CT molecular complexity index is 936. The highest BCUT2D eigenvalue weighted by atomic mass is 19.1. The molecule has 5 nitrogen and oxygen atoms in total. The van der Waals surface area contributed by atoms with Gasteiger partial charge in [0.15, 0.2) is 0 Å². The molecule has 3 atom stereocenters. The average molecular weight is 438 g/mol. The van der Waals surface area contributed by atoms with Gasteiger partial charge in [-0.05, 0) is 69.5 Å². The van der Waals surface area contributed by atoms with Gasteiger partial charge in [-0.2, -0.15) is 0 Å². The molecule has 1 heterocycles. The number of nitrogens with one attached hydrogen (secondary N) is 3. The normalized spacial score (nSPS) is 14.2. The van der Waals surface area contributed by atoms with Gasteiger partial charge in [-0.25, -0.2) is 14.4 Å². The lowest BCUT2D eigenvalue weighted by Crippen LogP contribution is -2.17. The molecular weight excluding hydrogens is 401 g/mol. The Labute approximate surface area is 191 Å². The van der Waals surface area contributed by atoms with Crippen molar-refractivity contribution in [2.45, 2.75) is 40.3 Å². The predicted octanol–water partition coefficient (Wildman–Crippen LogP) is 5.89. The van der Waals surface area contributed by atoms with E-state index < -0.39 is 6.17 Å². The Balaban J connectivity index is 2.46. The van der Waals surface area contributed by atoms with Crippen molar-refractivity contribution in [2.24, 2.45) is 11.8 Å². The molecule has 32 heavy (non-hydrogen) atoms. The molecular formula is C26H36FN5. The number of anilines is 1. The van der Waals surface area contributed by atoms with Crippen molar-refractivity contribution in [2.75, 3.05) is 25.5 Å². The Kier molecular flexibility index (Phi) is 9.72. The van der Waals surface area contributed by atoms with Gasteiger partial charge in [0, 0.05) is 47.0 Å². The Morgan fingerprint density at radius 1 is 1.19 bits per heavy atom. The van der Waals surface area contributed by atoms with Crippen LogP contribution >= 0.6 is 0 Å². The largest absolute Gasteiger partial charge is 0.381 e. The van der Waals surface area contributed by atoms with Crippen molar-refractivity contribution in [1.82, 2.24) is 15.3 Å². The number of aromatic nitrogens is 2. The molecule has 0 aliphatic carbocycles. The van der Waals surface area contributed by atoms with Crippen molar-refractivity contribution < 1.29 is 4.39 Å². The Hall–Kier alpha value is -2.86. The second-order valence-corrected chi connectivity index (χ2v) is 8.46. The second kappa shape index (κ2) is 12.2. The van der Waals surface area contributed by atoms with Crippen molar-refractivity contribution in [1.29, 1.82) is 5.41 Å². The van der Waals surface area contributed by atoms with Gasteiger partial charge < -0.3 is 16.0 Å². The van der Waals surface area contributed by atoms with Crippen molar-refractivity contribution in [3.63, 3.8) is 0 Å². The number of allylic oxidation sites excluding steroid dienone is 2.